The second kappa shape index (κ2) is 8.94. The highest BCUT2D eigenvalue weighted by atomic mass is 16.2. The molecular formula is C19H30N2O. The third-order valence-corrected chi connectivity index (χ3v) is 4.75. The van der Waals surface area contributed by atoms with E-state index < -0.39 is 0 Å². The van der Waals surface area contributed by atoms with Crippen LogP contribution in [0.4, 0.5) is 0 Å². The van der Waals surface area contributed by atoms with Crippen molar-refractivity contribution in [3.8, 4) is 0 Å². The molecule has 1 amide bonds. The number of nitrogens with one attached hydrogen (secondary N) is 1. The monoisotopic (exact) mass is 302 g/mol. The Morgan fingerprint density at radius 2 is 1.91 bits per heavy atom. The van der Waals surface area contributed by atoms with Gasteiger partial charge in [0.25, 0.3) is 0 Å². The summed E-state index contributed by atoms with van der Waals surface area (Å²) in [5.41, 5.74) is 2.77. The standard InChI is InChI=1S/C19H30N2O/c1-16-5-7-17(8-6-16)9-10-18-11-14-21(15-12-18)19(22)4-3-13-20-2/h5-8,18,20H,3-4,9-15H2,1-2H3. The molecule has 3 nitrogen and oxygen atoms in total. The van der Waals surface area contributed by atoms with Gasteiger partial charge in [-0.25, -0.2) is 0 Å². The number of benzene rings is 1. The number of amides is 1. The highest BCUT2D eigenvalue weighted by Gasteiger charge is 2.22. The summed E-state index contributed by atoms with van der Waals surface area (Å²) in [4.78, 5) is 14.2. The van der Waals surface area contributed by atoms with E-state index in [1.165, 1.54) is 36.8 Å². The number of hydrogen-bond donors (Lipinski definition) is 1. The summed E-state index contributed by atoms with van der Waals surface area (Å²) in [5.74, 6) is 1.12. The summed E-state index contributed by atoms with van der Waals surface area (Å²) in [6.07, 6.45) is 6.40. The number of carbonyl (C=O) groups excluding carboxylic acids is 1. The number of rotatable bonds is 7. The minimum atomic E-state index is 0.340. The van der Waals surface area contributed by atoms with E-state index in [4.69, 9.17) is 0 Å². The van der Waals surface area contributed by atoms with E-state index in [9.17, 15) is 4.79 Å². The van der Waals surface area contributed by atoms with Crippen LogP contribution in [0.25, 0.3) is 0 Å². The third-order valence-electron chi connectivity index (χ3n) is 4.75. The smallest absolute Gasteiger partial charge is 0.222 e. The van der Waals surface area contributed by atoms with Gasteiger partial charge in [0, 0.05) is 19.5 Å². The Balaban J connectivity index is 1.66. The molecule has 1 aliphatic heterocycles. The fraction of sp³-hybridized carbons (Fsp3) is 0.632. The maximum absolute atomic E-state index is 12.1. The molecular weight excluding hydrogens is 272 g/mol. The number of likely N-dealkylation sites (tertiary alicyclic amines) is 1. The minimum Gasteiger partial charge on any atom is -0.343 e. The number of nitrogens with zero attached hydrogens (tertiary/aromatic N) is 1. The van der Waals surface area contributed by atoms with Crippen molar-refractivity contribution in [2.45, 2.75) is 45.4 Å². The summed E-state index contributed by atoms with van der Waals surface area (Å²) in [5, 5.41) is 3.10. The number of hydrogen-bond acceptors (Lipinski definition) is 2. The van der Waals surface area contributed by atoms with Crippen molar-refractivity contribution in [1.82, 2.24) is 10.2 Å². The van der Waals surface area contributed by atoms with Crippen LogP contribution in [0.15, 0.2) is 24.3 Å². The molecule has 1 saturated heterocycles. The molecule has 1 N–H and O–H groups in total. The van der Waals surface area contributed by atoms with Gasteiger partial charge in [-0.15, -0.1) is 0 Å². The Hall–Kier alpha value is -1.35. The van der Waals surface area contributed by atoms with Gasteiger partial charge in [-0.05, 0) is 64.1 Å². The fourth-order valence-corrected chi connectivity index (χ4v) is 3.17. The zero-order chi connectivity index (χ0) is 15.8. The first-order valence-corrected chi connectivity index (χ1v) is 8.67. The first-order valence-electron chi connectivity index (χ1n) is 8.67. The Morgan fingerprint density at radius 3 is 2.55 bits per heavy atom. The third kappa shape index (κ3) is 5.45. The van der Waals surface area contributed by atoms with Crippen molar-refractivity contribution in [2.75, 3.05) is 26.7 Å². The molecule has 0 spiro atoms. The van der Waals surface area contributed by atoms with E-state index in [0.717, 1.165) is 32.0 Å². The van der Waals surface area contributed by atoms with E-state index in [1.807, 2.05) is 7.05 Å². The van der Waals surface area contributed by atoms with Crippen LogP contribution in [0, 0.1) is 12.8 Å². The first kappa shape index (κ1) is 17.0. The normalized spacial score (nSPS) is 16.0. The highest BCUT2D eigenvalue weighted by molar-refractivity contribution is 5.76. The van der Waals surface area contributed by atoms with Gasteiger partial charge in [0.2, 0.25) is 5.91 Å². The molecule has 3 heteroatoms. The Kier molecular flexibility index (Phi) is 6.91. The van der Waals surface area contributed by atoms with E-state index in [2.05, 4.69) is 41.4 Å². The summed E-state index contributed by atoms with van der Waals surface area (Å²) >= 11 is 0. The molecule has 0 saturated carbocycles. The zero-order valence-electron chi connectivity index (χ0n) is 14.1. The largest absolute Gasteiger partial charge is 0.343 e. The number of piperidine rings is 1. The van der Waals surface area contributed by atoms with Gasteiger partial charge in [-0.3, -0.25) is 4.79 Å². The molecule has 1 aromatic rings. The number of aryl methyl sites for hydroxylation is 2. The molecule has 22 heavy (non-hydrogen) atoms. The molecule has 0 unspecified atom stereocenters. The van der Waals surface area contributed by atoms with Crippen molar-refractivity contribution in [3.63, 3.8) is 0 Å². The molecule has 1 fully saturated rings. The van der Waals surface area contributed by atoms with Gasteiger partial charge < -0.3 is 10.2 Å². The molecule has 0 aromatic heterocycles. The zero-order valence-corrected chi connectivity index (χ0v) is 14.1. The SMILES string of the molecule is CNCCCC(=O)N1CCC(CCc2ccc(C)cc2)CC1. The van der Waals surface area contributed by atoms with Crippen LogP contribution in [0.3, 0.4) is 0 Å². The lowest BCUT2D eigenvalue weighted by molar-refractivity contribution is -0.132. The summed E-state index contributed by atoms with van der Waals surface area (Å²) in [6.45, 7) is 4.97. The van der Waals surface area contributed by atoms with Gasteiger partial charge in [-0.2, -0.15) is 0 Å². The molecule has 0 radical (unpaired) electrons. The van der Waals surface area contributed by atoms with Gasteiger partial charge in [-0.1, -0.05) is 29.8 Å². The van der Waals surface area contributed by atoms with Crippen molar-refractivity contribution < 1.29 is 4.79 Å². The first-order chi connectivity index (χ1) is 10.7. The Labute approximate surface area is 135 Å². The second-order valence-corrected chi connectivity index (χ2v) is 6.56. The maximum atomic E-state index is 12.1. The van der Waals surface area contributed by atoms with Gasteiger partial charge in [0.1, 0.15) is 0 Å². The van der Waals surface area contributed by atoms with Crippen LogP contribution in [0.5, 0.6) is 0 Å². The van der Waals surface area contributed by atoms with Crippen LogP contribution in [0.2, 0.25) is 0 Å². The maximum Gasteiger partial charge on any atom is 0.222 e. The molecule has 2 rings (SSSR count). The minimum absolute atomic E-state index is 0.340. The summed E-state index contributed by atoms with van der Waals surface area (Å²) in [7, 11) is 1.93. The highest BCUT2D eigenvalue weighted by Crippen LogP contribution is 2.23. The molecule has 1 heterocycles. The lowest BCUT2D eigenvalue weighted by Crippen LogP contribution is -2.38. The average Bonchev–Trinajstić information content (AvgIpc) is 2.55. The van der Waals surface area contributed by atoms with E-state index in [1.54, 1.807) is 0 Å². The summed E-state index contributed by atoms with van der Waals surface area (Å²) < 4.78 is 0. The topological polar surface area (TPSA) is 32.3 Å². The average molecular weight is 302 g/mol. The van der Waals surface area contributed by atoms with Crippen molar-refractivity contribution in [3.05, 3.63) is 35.4 Å². The van der Waals surface area contributed by atoms with E-state index in [-0.39, 0.29) is 0 Å². The van der Waals surface area contributed by atoms with Crippen LogP contribution in [-0.2, 0) is 11.2 Å². The Bertz CT molecular complexity index is 447. The van der Waals surface area contributed by atoms with Gasteiger partial charge in [0.15, 0.2) is 0 Å². The lowest BCUT2D eigenvalue weighted by Gasteiger charge is -2.32. The van der Waals surface area contributed by atoms with Crippen LogP contribution < -0.4 is 5.32 Å². The predicted octanol–water partition coefficient (Wildman–Crippen LogP) is 3.17. The quantitative estimate of drug-likeness (QED) is 0.785. The predicted molar refractivity (Wildman–Crippen MR) is 92.0 cm³/mol. The molecule has 1 aromatic carbocycles. The van der Waals surface area contributed by atoms with E-state index in [0.29, 0.717) is 12.3 Å². The van der Waals surface area contributed by atoms with Crippen molar-refractivity contribution >= 4 is 5.91 Å². The van der Waals surface area contributed by atoms with Crippen LogP contribution in [-0.4, -0.2) is 37.5 Å². The molecule has 0 atom stereocenters. The van der Waals surface area contributed by atoms with Crippen LogP contribution in [0.1, 0.15) is 43.2 Å². The van der Waals surface area contributed by atoms with Gasteiger partial charge >= 0.3 is 0 Å². The van der Waals surface area contributed by atoms with E-state index >= 15 is 0 Å². The Morgan fingerprint density at radius 1 is 1.23 bits per heavy atom. The molecule has 0 bridgehead atoms. The number of carbonyl (C=O) groups is 1. The molecule has 1 aliphatic rings. The fourth-order valence-electron chi connectivity index (χ4n) is 3.17. The second-order valence-electron chi connectivity index (χ2n) is 6.56. The van der Waals surface area contributed by atoms with Gasteiger partial charge in [0.05, 0.1) is 0 Å². The lowest BCUT2D eigenvalue weighted by atomic mass is 9.90. The molecule has 0 aliphatic carbocycles. The summed E-state index contributed by atoms with van der Waals surface area (Å²) in [6, 6.07) is 8.88. The van der Waals surface area contributed by atoms with Crippen molar-refractivity contribution in [2.24, 2.45) is 5.92 Å². The van der Waals surface area contributed by atoms with Crippen molar-refractivity contribution in [1.29, 1.82) is 0 Å². The van der Waals surface area contributed by atoms with Crippen LogP contribution >= 0.6 is 0 Å². The molecule has 122 valence electrons.